The van der Waals surface area contributed by atoms with E-state index in [0.29, 0.717) is 11.3 Å². The van der Waals surface area contributed by atoms with Gasteiger partial charge in [-0.05, 0) is 40.8 Å². The molecule has 4 nitrogen and oxygen atoms in total. The SMILES string of the molecule is O=C(O)CC1CC(=O)c2cc(I)ccc2O1. The minimum Gasteiger partial charge on any atom is -0.489 e. The first kappa shape index (κ1) is 11.4. The van der Waals surface area contributed by atoms with E-state index in [-0.39, 0.29) is 18.6 Å². The highest BCUT2D eigenvalue weighted by atomic mass is 127. The zero-order valence-electron chi connectivity index (χ0n) is 8.27. The van der Waals surface area contributed by atoms with Crippen LogP contribution in [-0.2, 0) is 4.79 Å². The highest BCUT2D eigenvalue weighted by Crippen LogP contribution is 2.29. The number of ketones is 1. The number of hydrogen-bond acceptors (Lipinski definition) is 3. The molecule has 0 spiro atoms. The fraction of sp³-hybridized carbons (Fsp3) is 0.273. The topological polar surface area (TPSA) is 63.6 Å². The number of fused-ring (bicyclic) bond motifs is 1. The van der Waals surface area contributed by atoms with Crippen LogP contribution in [0.2, 0.25) is 0 Å². The van der Waals surface area contributed by atoms with E-state index in [9.17, 15) is 9.59 Å². The summed E-state index contributed by atoms with van der Waals surface area (Å²) in [6.07, 6.45) is -0.547. The lowest BCUT2D eigenvalue weighted by Gasteiger charge is -2.24. The Balaban J connectivity index is 2.26. The molecule has 0 bridgehead atoms. The van der Waals surface area contributed by atoms with Crippen LogP contribution in [0.3, 0.4) is 0 Å². The Morgan fingerprint density at radius 1 is 1.56 bits per heavy atom. The Bertz CT molecular complexity index is 455. The van der Waals surface area contributed by atoms with E-state index >= 15 is 0 Å². The van der Waals surface area contributed by atoms with Crippen LogP contribution in [-0.4, -0.2) is 23.0 Å². The van der Waals surface area contributed by atoms with Gasteiger partial charge in [0.1, 0.15) is 11.9 Å². The van der Waals surface area contributed by atoms with Gasteiger partial charge in [-0.3, -0.25) is 9.59 Å². The predicted octanol–water partition coefficient (Wildman–Crippen LogP) is 2.10. The maximum absolute atomic E-state index is 11.8. The third-order valence-corrected chi connectivity index (χ3v) is 3.02. The molecule has 1 N–H and O–H groups in total. The van der Waals surface area contributed by atoms with E-state index in [2.05, 4.69) is 22.6 Å². The van der Waals surface area contributed by atoms with E-state index in [1.165, 1.54) is 0 Å². The first-order valence-corrected chi connectivity index (χ1v) is 5.85. The van der Waals surface area contributed by atoms with E-state index < -0.39 is 12.1 Å². The molecule has 16 heavy (non-hydrogen) atoms. The average Bonchev–Trinajstić information content (AvgIpc) is 2.18. The number of ether oxygens (including phenoxy) is 1. The summed E-state index contributed by atoms with van der Waals surface area (Å²) in [6.45, 7) is 0. The standard InChI is InChI=1S/C11H9IO4/c12-6-1-2-10-8(3-6)9(13)4-7(16-10)5-11(14)15/h1-3,7H,4-5H2,(H,14,15). The molecule has 1 aliphatic heterocycles. The van der Waals surface area contributed by atoms with Crippen molar-refractivity contribution in [2.75, 3.05) is 0 Å². The zero-order chi connectivity index (χ0) is 11.7. The smallest absolute Gasteiger partial charge is 0.307 e. The molecule has 0 aliphatic carbocycles. The molecule has 2 rings (SSSR count). The fourth-order valence-electron chi connectivity index (χ4n) is 1.67. The molecule has 84 valence electrons. The van der Waals surface area contributed by atoms with Crippen LogP contribution >= 0.6 is 22.6 Å². The third kappa shape index (κ3) is 2.34. The molecule has 5 heteroatoms. The summed E-state index contributed by atoms with van der Waals surface area (Å²) in [5, 5.41) is 8.65. The first-order chi connectivity index (χ1) is 7.56. The van der Waals surface area contributed by atoms with Crippen LogP contribution in [0.25, 0.3) is 0 Å². The molecule has 1 heterocycles. The normalized spacial score (nSPS) is 18.8. The molecule has 0 amide bonds. The second-order valence-electron chi connectivity index (χ2n) is 3.61. The number of aliphatic carboxylic acids is 1. The molecular weight excluding hydrogens is 323 g/mol. The summed E-state index contributed by atoms with van der Waals surface area (Å²) < 4.78 is 6.43. The summed E-state index contributed by atoms with van der Waals surface area (Å²) in [4.78, 5) is 22.3. The molecule has 1 aromatic carbocycles. The summed E-state index contributed by atoms with van der Waals surface area (Å²) >= 11 is 2.12. The maximum Gasteiger partial charge on any atom is 0.307 e. The number of carboxylic acid groups (broad SMARTS) is 1. The summed E-state index contributed by atoms with van der Waals surface area (Å²) in [5.74, 6) is -0.513. The van der Waals surface area contributed by atoms with Crippen molar-refractivity contribution in [2.45, 2.75) is 18.9 Å². The molecular formula is C11H9IO4. The predicted molar refractivity (Wildman–Crippen MR) is 64.8 cm³/mol. The molecule has 1 unspecified atom stereocenters. The highest BCUT2D eigenvalue weighted by Gasteiger charge is 2.27. The minimum atomic E-state index is -0.952. The van der Waals surface area contributed by atoms with Gasteiger partial charge in [0.05, 0.1) is 12.0 Å². The molecule has 0 fully saturated rings. The van der Waals surface area contributed by atoms with E-state index in [1.807, 2.05) is 6.07 Å². The Morgan fingerprint density at radius 2 is 2.31 bits per heavy atom. The first-order valence-electron chi connectivity index (χ1n) is 4.77. The summed E-state index contributed by atoms with van der Waals surface area (Å²) in [5.41, 5.74) is 0.550. The quantitative estimate of drug-likeness (QED) is 0.843. The second-order valence-corrected chi connectivity index (χ2v) is 4.85. The van der Waals surface area contributed by atoms with E-state index in [1.54, 1.807) is 12.1 Å². The van der Waals surface area contributed by atoms with Gasteiger partial charge in [-0.25, -0.2) is 0 Å². The Morgan fingerprint density at radius 3 is 3.00 bits per heavy atom. The average molecular weight is 332 g/mol. The highest BCUT2D eigenvalue weighted by molar-refractivity contribution is 14.1. The van der Waals surface area contributed by atoms with Crippen molar-refractivity contribution < 1.29 is 19.4 Å². The monoisotopic (exact) mass is 332 g/mol. The van der Waals surface area contributed by atoms with Gasteiger partial charge in [0.25, 0.3) is 0 Å². The molecule has 0 saturated heterocycles. The van der Waals surface area contributed by atoms with Crippen LogP contribution < -0.4 is 4.74 Å². The van der Waals surface area contributed by atoms with Crippen LogP contribution in [0.5, 0.6) is 5.75 Å². The van der Waals surface area contributed by atoms with E-state index in [4.69, 9.17) is 9.84 Å². The largest absolute Gasteiger partial charge is 0.489 e. The maximum atomic E-state index is 11.8. The molecule has 1 aliphatic rings. The van der Waals surface area contributed by atoms with Crippen molar-refractivity contribution in [1.29, 1.82) is 0 Å². The fourth-order valence-corrected chi connectivity index (χ4v) is 2.16. The minimum absolute atomic E-state index is 0.0500. The Hall–Kier alpha value is -1.11. The van der Waals surface area contributed by atoms with Crippen LogP contribution in [0.4, 0.5) is 0 Å². The van der Waals surface area contributed by atoms with Crippen LogP contribution in [0, 0.1) is 3.57 Å². The Labute approximate surface area is 106 Å². The van der Waals surface area contributed by atoms with Gasteiger partial charge < -0.3 is 9.84 Å². The van der Waals surface area contributed by atoms with Crippen molar-refractivity contribution in [1.82, 2.24) is 0 Å². The van der Waals surface area contributed by atoms with Crippen LogP contribution in [0.15, 0.2) is 18.2 Å². The summed E-state index contributed by atoms with van der Waals surface area (Å²) in [6, 6.07) is 5.30. The number of carboxylic acids is 1. The molecule has 1 aromatic rings. The molecule has 0 saturated carbocycles. The second kappa shape index (κ2) is 4.40. The van der Waals surface area contributed by atoms with Gasteiger partial charge in [-0.2, -0.15) is 0 Å². The molecule has 0 radical (unpaired) electrons. The number of rotatable bonds is 2. The van der Waals surface area contributed by atoms with Gasteiger partial charge in [0, 0.05) is 9.99 Å². The number of carbonyl (C=O) groups excluding carboxylic acids is 1. The lowest BCUT2D eigenvalue weighted by molar-refractivity contribution is -0.138. The van der Waals surface area contributed by atoms with Gasteiger partial charge >= 0.3 is 5.97 Å². The van der Waals surface area contributed by atoms with Crippen molar-refractivity contribution in [3.63, 3.8) is 0 Å². The van der Waals surface area contributed by atoms with Crippen LogP contribution in [0.1, 0.15) is 23.2 Å². The van der Waals surface area contributed by atoms with Gasteiger partial charge in [-0.15, -0.1) is 0 Å². The van der Waals surface area contributed by atoms with Crippen molar-refractivity contribution in [3.8, 4) is 5.75 Å². The lowest BCUT2D eigenvalue weighted by Crippen LogP contribution is -2.29. The van der Waals surface area contributed by atoms with Crippen molar-refractivity contribution in [2.24, 2.45) is 0 Å². The van der Waals surface area contributed by atoms with Gasteiger partial charge in [0.2, 0.25) is 0 Å². The Kier molecular flexibility index (Phi) is 3.13. The van der Waals surface area contributed by atoms with E-state index in [0.717, 1.165) is 3.57 Å². The summed E-state index contributed by atoms with van der Waals surface area (Å²) in [7, 11) is 0. The number of halogens is 1. The lowest BCUT2D eigenvalue weighted by atomic mass is 9.99. The molecule has 0 aromatic heterocycles. The van der Waals surface area contributed by atoms with Crippen molar-refractivity contribution in [3.05, 3.63) is 27.3 Å². The van der Waals surface area contributed by atoms with Gasteiger partial charge in [0.15, 0.2) is 5.78 Å². The number of carbonyl (C=O) groups is 2. The molecule has 1 atom stereocenters. The number of benzene rings is 1. The van der Waals surface area contributed by atoms with Crippen molar-refractivity contribution >= 4 is 34.3 Å². The number of hydrogen-bond donors (Lipinski definition) is 1. The third-order valence-electron chi connectivity index (χ3n) is 2.35. The number of Topliss-reactive ketones (excluding diaryl/α,β-unsaturated/α-hetero) is 1. The zero-order valence-corrected chi connectivity index (χ0v) is 10.4. The van der Waals surface area contributed by atoms with Gasteiger partial charge in [-0.1, -0.05) is 0 Å².